The number of anilines is 2. The van der Waals surface area contributed by atoms with Crippen LogP contribution in [0.15, 0.2) is 6.07 Å². The molecule has 0 bridgehead atoms. The van der Waals surface area contributed by atoms with Crippen LogP contribution in [0.2, 0.25) is 0 Å². The molecule has 2 aliphatic rings. The van der Waals surface area contributed by atoms with Crippen LogP contribution in [0.4, 0.5) is 11.8 Å². The Labute approximate surface area is 130 Å². The Balaban J connectivity index is 1.80. The zero-order valence-electron chi connectivity index (χ0n) is 13.0. The number of hydrogen-bond acceptors (Lipinski definition) is 6. The van der Waals surface area contributed by atoms with Crippen LogP contribution in [0.5, 0.6) is 0 Å². The van der Waals surface area contributed by atoms with E-state index in [0.29, 0.717) is 13.1 Å². The molecule has 3 heterocycles. The first-order valence-electron chi connectivity index (χ1n) is 7.95. The first kappa shape index (κ1) is 15.0. The first-order valence-corrected chi connectivity index (χ1v) is 7.95. The summed E-state index contributed by atoms with van der Waals surface area (Å²) in [5.41, 5.74) is 0.927. The average Bonchev–Trinajstić information content (AvgIpc) is 2.55. The number of carbonyl (C=O) groups is 1. The van der Waals surface area contributed by atoms with Crippen molar-refractivity contribution in [2.75, 3.05) is 42.5 Å². The van der Waals surface area contributed by atoms with Gasteiger partial charge in [-0.25, -0.2) is 4.98 Å². The summed E-state index contributed by atoms with van der Waals surface area (Å²) in [5, 5.41) is 12.2. The number of hydrogen-bond donors (Lipinski definition) is 2. The number of aryl methyl sites for hydroxylation is 1. The summed E-state index contributed by atoms with van der Waals surface area (Å²) in [6, 6.07) is 1.40. The fourth-order valence-electron chi connectivity index (χ4n) is 3.06. The van der Waals surface area contributed by atoms with Crippen molar-refractivity contribution in [3.63, 3.8) is 0 Å². The molecule has 0 saturated carbocycles. The number of carboxylic acids is 1. The number of piperazine rings is 1. The molecule has 0 radical (unpaired) electrons. The maximum absolute atomic E-state index is 11.2. The number of aliphatic carboxylic acids is 1. The Morgan fingerprint density at radius 1 is 1.23 bits per heavy atom. The molecule has 0 aliphatic carbocycles. The Bertz CT molecular complexity index is 545. The highest BCUT2D eigenvalue weighted by Gasteiger charge is 2.26. The topological polar surface area (TPSA) is 81.6 Å². The molecule has 2 fully saturated rings. The molecule has 7 nitrogen and oxygen atoms in total. The monoisotopic (exact) mass is 305 g/mol. The van der Waals surface area contributed by atoms with Gasteiger partial charge >= 0.3 is 5.97 Å². The van der Waals surface area contributed by atoms with Gasteiger partial charge in [0.15, 0.2) is 0 Å². The minimum absolute atomic E-state index is 0.436. The third-order valence-corrected chi connectivity index (χ3v) is 4.27. The third kappa shape index (κ3) is 3.30. The third-order valence-electron chi connectivity index (χ3n) is 4.27. The predicted molar refractivity (Wildman–Crippen MR) is 84.5 cm³/mol. The van der Waals surface area contributed by atoms with E-state index in [-0.39, 0.29) is 0 Å². The van der Waals surface area contributed by atoms with Crippen molar-refractivity contribution in [2.45, 2.75) is 32.2 Å². The molecule has 3 rings (SSSR count). The molecule has 1 aromatic heterocycles. The summed E-state index contributed by atoms with van der Waals surface area (Å²) in [5.74, 6) is 0.799. The Morgan fingerprint density at radius 3 is 2.73 bits per heavy atom. The van der Waals surface area contributed by atoms with E-state index in [4.69, 9.17) is 4.98 Å². The van der Waals surface area contributed by atoms with Crippen molar-refractivity contribution in [1.82, 2.24) is 15.3 Å². The molecule has 120 valence electrons. The fourth-order valence-corrected chi connectivity index (χ4v) is 3.06. The highest BCUT2D eigenvalue weighted by molar-refractivity contribution is 5.74. The van der Waals surface area contributed by atoms with Gasteiger partial charge in [0.25, 0.3) is 0 Å². The van der Waals surface area contributed by atoms with Crippen molar-refractivity contribution in [2.24, 2.45) is 0 Å². The first-order chi connectivity index (χ1) is 10.6. The highest BCUT2D eigenvalue weighted by atomic mass is 16.4. The van der Waals surface area contributed by atoms with Crippen LogP contribution in [0.1, 0.15) is 25.0 Å². The van der Waals surface area contributed by atoms with Crippen LogP contribution in [0.25, 0.3) is 0 Å². The van der Waals surface area contributed by atoms with E-state index in [1.54, 1.807) is 0 Å². The van der Waals surface area contributed by atoms with Crippen molar-refractivity contribution in [3.05, 3.63) is 11.8 Å². The summed E-state index contributed by atoms with van der Waals surface area (Å²) in [4.78, 5) is 24.7. The van der Waals surface area contributed by atoms with Gasteiger partial charge < -0.3 is 20.2 Å². The fraction of sp³-hybridized carbons (Fsp3) is 0.667. The molecule has 1 unspecified atom stereocenters. The lowest BCUT2D eigenvalue weighted by molar-refractivity contribution is -0.139. The lowest BCUT2D eigenvalue weighted by Gasteiger charge is -2.33. The number of aromatic nitrogens is 2. The van der Waals surface area contributed by atoms with Crippen LogP contribution in [0.3, 0.4) is 0 Å². The maximum atomic E-state index is 11.2. The SMILES string of the molecule is Cc1cc(N2CCNC(C(=O)O)C2)nc(N2CCCCC2)n1. The van der Waals surface area contributed by atoms with Gasteiger partial charge in [0.05, 0.1) is 0 Å². The standard InChI is InChI=1S/C15H23N5O2/c1-11-9-13(20-8-5-16-12(10-20)14(21)22)18-15(17-11)19-6-3-2-4-7-19/h9,12,16H,2-8,10H2,1H3,(H,21,22). The lowest BCUT2D eigenvalue weighted by atomic mass is 10.1. The zero-order valence-corrected chi connectivity index (χ0v) is 13.0. The highest BCUT2D eigenvalue weighted by Crippen LogP contribution is 2.21. The number of nitrogens with zero attached hydrogens (tertiary/aromatic N) is 4. The van der Waals surface area contributed by atoms with Crippen molar-refractivity contribution in [3.8, 4) is 0 Å². The summed E-state index contributed by atoms with van der Waals surface area (Å²) < 4.78 is 0. The molecule has 0 spiro atoms. The molecule has 2 N–H and O–H groups in total. The van der Waals surface area contributed by atoms with Crippen molar-refractivity contribution in [1.29, 1.82) is 0 Å². The van der Waals surface area contributed by atoms with Gasteiger partial charge in [-0.2, -0.15) is 4.98 Å². The second-order valence-electron chi connectivity index (χ2n) is 6.01. The van der Waals surface area contributed by atoms with Crippen molar-refractivity contribution >= 4 is 17.7 Å². The minimum atomic E-state index is -0.813. The molecule has 2 aliphatic heterocycles. The normalized spacial score (nSPS) is 22.7. The van der Waals surface area contributed by atoms with Gasteiger partial charge in [0.1, 0.15) is 11.9 Å². The molecule has 0 amide bonds. The van der Waals surface area contributed by atoms with E-state index < -0.39 is 12.0 Å². The Morgan fingerprint density at radius 2 is 2.00 bits per heavy atom. The number of piperidine rings is 1. The molecule has 7 heteroatoms. The Hall–Kier alpha value is -1.89. The van der Waals surface area contributed by atoms with Gasteiger partial charge in [-0.3, -0.25) is 4.79 Å². The van der Waals surface area contributed by atoms with E-state index in [0.717, 1.165) is 37.1 Å². The molecule has 22 heavy (non-hydrogen) atoms. The van der Waals surface area contributed by atoms with Crippen molar-refractivity contribution < 1.29 is 9.90 Å². The summed E-state index contributed by atoms with van der Waals surface area (Å²) >= 11 is 0. The molecular formula is C15H23N5O2. The average molecular weight is 305 g/mol. The molecule has 2 saturated heterocycles. The van der Waals surface area contributed by atoms with E-state index in [1.807, 2.05) is 17.9 Å². The van der Waals surface area contributed by atoms with E-state index in [9.17, 15) is 9.90 Å². The molecule has 1 atom stereocenters. The number of carboxylic acid groups (broad SMARTS) is 1. The van der Waals surface area contributed by atoms with Gasteiger partial charge in [-0.1, -0.05) is 0 Å². The van der Waals surface area contributed by atoms with Crippen LogP contribution >= 0.6 is 0 Å². The minimum Gasteiger partial charge on any atom is -0.480 e. The predicted octanol–water partition coefficient (Wildman–Crippen LogP) is 0.638. The van der Waals surface area contributed by atoms with Gasteiger partial charge in [-0.15, -0.1) is 0 Å². The smallest absolute Gasteiger partial charge is 0.322 e. The second-order valence-corrected chi connectivity index (χ2v) is 6.01. The second kappa shape index (κ2) is 6.48. The molecular weight excluding hydrogens is 282 g/mol. The summed E-state index contributed by atoms with van der Waals surface area (Å²) in [6.07, 6.45) is 3.63. The van der Waals surface area contributed by atoms with Gasteiger partial charge in [0, 0.05) is 44.5 Å². The largest absolute Gasteiger partial charge is 0.480 e. The number of nitrogens with one attached hydrogen (secondary N) is 1. The van der Waals surface area contributed by atoms with Gasteiger partial charge in [0.2, 0.25) is 5.95 Å². The Kier molecular flexibility index (Phi) is 4.42. The van der Waals surface area contributed by atoms with Gasteiger partial charge in [-0.05, 0) is 26.2 Å². The van der Waals surface area contributed by atoms with Crippen LogP contribution in [-0.2, 0) is 4.79 Å². The lowest BCUT2D eigenvalue weighted by Crippen LogP contribution is -2.54. The van der Waals surface area contributed by atoms with Crippen LogP contribution in [0, 0.1) is 6.92 Å². The van der Waals surface area contributed by atoms with E-state index in [1.165, 1.54) is 19.3 Å². The number of rotatable bonds is 3. The quantitative estimate of drug-likeness (QED) is 0.848. The summed E-state index contributed by atoms with van der Waals surface area (Å²) in [7, 11) is 0. The molecule has 0 aromatic carbocycles. The zero-order chi connectivity index (χ0) is 15.5. The summed E-state index contributed by atoms with van der Waals surface area (Å²) in [6.45, 7) is 5.82. The molecule has 1 aromatic rings. The maximum Gasteiger partial charge on any atom is 0.322 e. The van der Waals surface area contributed by atoms with E-state index >= 15 is 0 Å². The van der Waals surface area contributed by atoms with Crippen LogP contribution in [-0.4, -0.2) is 59.8 Å². The van der Waals surface area contributed by atoms with Crippen LogP contribution < -0.4 is 15.1 Å². The van der Waals surface area contributed by atoms with E-state index in [2.05, 4.69) is 15.2 Å².